The summed E-state index contributed by atoms with van der Waals surface area (Å²) in [6.45, 7) is 1.77. The van der Waals surface area contributed by atoms with Gasteiger partial charge in [0.25, 0.3) is 7.82 Å². The Kier molecular flexibility index (Phi) is 20.4. The number of unbranched alkanes of at least 4 members (excludes halogenated alkanes) is 13. The van der Waals surface area contributed by atoms with Gasteiger partial charge in [0.15, 0.2) is 0 Å². The minimum absolute atomic E-state index is 0.00696. The molecule has 0 aromatic rings. The monoisotopic (exact) mass is 509 g/mol. The van der Waals surface area contributed by atoms with Crippen LogP contribution in [-0.4, -0.2) is 69.2 Å². The van der Waals surface area contributed by atoms with Gasteiger partial charge in [-0.25, -0.2) is 0 Å². The van der Waals surface area contributed by atoms with E-state index in [1.54, 1.807) is 0 Å². The van der Waals surface area contributed by atoms with Crippen LogP contribution in [0, 0.1) is 0 Å². The summed E-state index contributed by atoms with van der Waals surface area (Å²) < 4.78 is 27.0. The first-order chi connectivity index (χ1) is 16.1. The van der Waals surface area contributed by atoms with Gasteiger partial charge in [-0.1, -0.05) is 90.4 Å². The second-order valence-corrected chi connectivity index (χ2v) is 11.6. The molecule has 0 aromatic heterocycles. The Morgan fingerprint density at radius 2 is 1.32 bits per heavy atom. The van der Waals surface area contributed by atoms with Gasteiger partial charge in [-0.15, -0.1) is 0 Å². The standard InChI is InChI=1S/C25H52NO7P/c1-5-6-7-8-9-10-11-12-13-14-15-16-17-18-19-25(28)33-24(22-27)23-32-34(29,30)31-21-20-26(2,3)4/h24,27H,5-23H2,1-4H3. The highest BCUT2D eigenvalue weighted by Gasteiger charge is 2.19. The van der Waals surface area contributed by atoms with Gasteiger partial charge in [0.05, 0.1) is 34.4 Å². The van der Waals surface area contributed by atoms with Gasteiger partial charge in [0, 0.05) is 6.42 Å². The average molecular weight is 510 g/mol. The molecule has 34 heavy (non-hydrogen) atoms. The van der Waals surface area contributed by atoms with Crippen molar-refractivity contribution < 1.29 is 37.6 Å². The molecular formula is C25H52NO7P. The molecule has 0 spiro atoms. The number of nitrogens with zero attached hydrogens (tertiary/aromatic N) is 1. The maximum atomic E-state index is 12.0. The summed E-state index contributed by atoms with van der Waals surface area (Å²) in [6, 6.07) is 0. The molecule has 0 heterocycles. The van der Waals surface area contributed by atoms with E-state index in [-0.39, 0.29) is 13.0 Å². The minimum Gasteiger partial charge on any atom is -0.756 e. The van der Waals surface area contributed by atoms with Gasteiger partial charge < -0.3 is 28.3 Å². The van der Waals surface area contributed by atoms with Gasteiger partial charge in [-0.05, 0) is 6.42 Å². The Hall–Kier alpha value is -0.500. The largest absolute Gasteiger partial charge is 0.756 e. The number of aliphatic hydroxyl groups excluding tert-OH is 1. The Balaban J connectivity index is 3.71. The summed E-state index contributed by atoms with van der Waals surface area (Å²) in [5, 5.41) is 9.36. The molecule has 2 atom stereocenters. The summed E-state index contributed by atoms with van der Waals surface area (Å²) in [4.78, 5) is 23.8. The number of carbonyl (C=O) groups is 1. The number of rotatable bonds is 24. The lowest BCUT2D eigenvalue weighted by atomic mass is 10.0. The summed E-state index contributed by atoms with van der Waals surface area (Å²) in [5.41, 5.74) is 0. The van der Waals surface area contributed by atoms with E-state index < -0.39 is 33.1 Å². The fourth-order valence-corrected chi connectivity index (χ4v) is 4.20. The van der Waals surface area contributed by atoms with Crippen LogP contribution in [0.1, 0.15) is 103 Å². The van der Waals surface area contributed by atoms with Crippen LogP contribution in [0.2, 0.25) is 0 Å². The quantitative estimate of drug-likeness (QED) is 0.0847. The molecular weight excluding hydrogens is 457 g/mol. The van der Waals surface area contributed by atoms with Gasteiger partial charge in [-0.2, -0.15) is 0 Å². The van der Waals surface area contributed by atoms with Crippen molar-refractivity contribution >= 4 is 13.8 Å². The fourth-order valence-electron chi connectivity index (χ4n) is 3.47. The molecule has 204 valence electrons. The van der Waals surface area contributed by atoms with E-state index in [2.05, 4.69) is 6.92 Å². The van der Waals surface area contributed by atoms with Crippen LogP contribution in [0.15, 0.2) is 0 Å². The number of phosphoric acid groups is 1. The van der Waals surface area contributed by atoms with Crippen LogP contribution in [0.25, 0.3) is 0 Å². The third-order valence-electron chi connectivity index (χ3n) is 5.67. The van der Waals surface area contributed by atoms with Gasteiger partial charge in [-0.3, -0.25) is 9.36 Å². The second kappa shape index (κ2) is 20.7. The molecule has 0 aliphatic heterocycles. The van der Waals surface area contributed by atoms with Crippen molar-refractivity contribution in [3.05, 3.63) is 0 Å². The third kappa shape index (κ3) is 23.3. The second-order valence-electron chi connectivity index (χ2n) is 10.2. The normalized spacial score (nSPS) is 14.6. The molecule has 9 heteroatoms. The SMILES string of the molecule is CCCCCCCCCCCCCCCCC(=O)OC(CO)COP(=O)([O-])OCC[N+](C)(C)C. The summed E-state index contributed by atoms with van der Waals surface area (Å²) in [5.74, 6) is -0.451. The molecule has 0 aromatic carbocycles. The fraction of sp³-hybridized carbons (Fsp3) is 0.960. The number of esters is 1. The molecule has 8 nitrogen and oxygen atoms in total. The van der Waals surface area contributed by atoms with Crippen molar-refractivity contribution in [3.8, 4) is 0 Å². The van der Waals surface area contributed by atoms with E-state index in [0.717, 1.165) is 19.3 Å². The first-order valence-electron chi connectivity index (χ1n) is 13.3. The zero-order valence-electron chi connectivity index (χ0n) is 22.3. The number of phosphoric ester groups is 1. The van der Waals surface area contributed by atoms with Crippen molar-refractivity contribution in [2.75, 3.05) is 47.5 Å². The minimum atomic E-state index is -4.50. The molecule has 0 fully saturated rings. The van der Waals surface area contributed by atoms with Crippen LogP contribution in [0.4, 0.5) is 0 Å². The average Bonchev–Trinajstić information content (AvgIpc) is 2.75. The number of hydrogen-bond acceptors (Lipinski definition) is 7. The van der Waals surface area contributed by atoms with Gasteiger partial charge in [0.2, 0.25) is 0 Å². The summed E-state index contributed by atoms with van der Waals surface area (Å²) >= 11 is 0. The van der Waals surface area contributed by atoms with Crippen LogP contribution in [0.5, 0.6) is 0 Å². The molecule has 0 aliphatic rings. The topological polar surface area (TPSA) is 105 Å². The first kappa shape index (κ1) is 33.5. The molecule has 0 bridgehead atoms. The zero-order chi connectivity index (χ0) is 25.7. The molecule has 0 rings (SSSR count). The Labute approximate surface area is 208 Å². The Morgan fingerprint density at radius 1 is 0.853 bits per heavy atom. The Bertz CT molecular complexity index is 540. The highest BCUT2D eigenvalue weighted by Crippen LogP contribution is 2.38. The molecule has 0 saturated carbocycles. The molecule has 0 amide bonds. The molecule has 0 aliphatic carbocycles. The van der Waals surface area contributed by atoms with Crippen LogP contribution < -0.4 is 4.89 Å². The van der Waals surface area contributed by atoms with Crippen molar-refractivity contribution in [2.24, 2.45) is 0 Å². The van der Waals surface area contributed by atoms with Crippen molar-refractivity contribution in [3.63, 3.8) is 0 Å². The lowest BCUT2D eigenvalue weighted by molar-refractivity contribution is -0.870. The van der Waals surface area contributed by atoms with Crippen molar-refractivity contribution in [2.45, 2.75) is 109 Å². The number of hydrogen-bond donors (Lipinski definition) is 1. The Morgan fingerprint density at radius 3 is 1.76 bits per heavy atom. The van der Waals surface area contributed by atoms with E-state index in [9.17, 15) is 19.4 Å². The van der Waals surface area contributed by atoms with E-state index in [4.69, 9.17) is 13.8 Å². The van der Waals surface area contributed by atoms with Crippen molar-refractivity contribution in [1.82, 2.24) is 0 Å². The van der Waals surface area contributed by atoms with Crippen LogP contribution in [0.3, 0.4) is 0 Å². The number of likely N-dealkylation sites (N-methyl/N-ethyl adjacent to an activating group) is 1. The maximum absolute atomic E-state index is 12.0. The van der Waals surface area contributed by atoms with Crippen molar-refractivity contribution in [1.29, 1.82) is 0 Å². The number of quaternary nitrogens is 1. The highest BCUT2D eigenvalue weighted by atomic mass is 31.2. The van der Waals surface area contributed by atoms with Crippen LogP contribution in [-0.2, 0) is 23.1 Å². The van der Waals surface area contributed by atoms with E-state index in [0.29, 0.717) is 11.0 Å². The first-order valence-corrected chi connectivity index (χ1v) is 14.8. The van der Waals surface area contributed by atoms with E-state index in [1.165, 1.54) is 70.6 Å². The summed E-state index contributed by atoms with van der Waals surface area (Å²) in [7, 11) is 1.24. The number of carbonyl (C=O) groups excluding carboxylic acids is 1. The maximum Gasteiger partial charge on any atom is 0.306 e. The van der Waals surface area contributed by atoms with Gasteiger partial charge >= 0.3 is 5.97 Å². The number of ether oxygens (including phenoxy) is 1. The number of aliphatic hydroxyl groups is 1. The molecule has 0 saturated heterocycles. The summed E-state index contributed by atoms with van der Waals surface area (Å²) in [6.07, 6.45) is 16.6. The smallest absolute Gasteiger partial charge is 0.306 e. The predicted molar refractivity (Wildman–Crippen MR) is 134 cm³/mol. The lowest BCUT2D eigenvalue weighted by Gasteiger charge is -2.28. The van der Waals surface area contributed by atoms with E-state index >= 15 is 0 Å². The lowest BCUT2D eigenvalue weighted by Crippen LogP contribution is -2.37. The zero-order valence-corrected chi connectivity index (χ0v) is 23.2. The highest BCUT2D eigenvalue weighted by molar-refractivity contribution is 7.45. The van der Waals surface area contributed by atoms with Crippen LogP contribution >= 0.6 is 7.82 Å². The molecule has 1 N–H and O–H groups in total. The van der Waals surface area contributed by atoms with E-state index in [1.807, 2.05) is 21.1 Å². The molecule has 0 radical (unpaired) electrons. The predicted octanol–water partition coefficient (Wildman–Crippen LogP) is 4.97. The molecule has 2 unspecified atom stereocenters. The van der Waals surface area contributed by atoms with Gasteiger partial charge in [0.1, 0.15) is 19.3 Å². The third-order valence-corrected chi connectivity index (χ3v) is 6.63.